The van der Waals surface area contributed by atoms with Gasteiger partial charge in [-0.2, -0.15) is 0 Å². The van der Waals surface area contributed by atoms with E-state index < -0.39 is 0 Å². The molecular weight excluding hydrogens is 352 g/mol. The first-order chi connectivity index (χ1) is 13.1. The first-order valence-corrected chi connectivity index (χ1v) is 9.01. The molecule has 0 aliphatic carbocycles. The molecule has 2 unspecified atom stereocenters. The molecule has 0 amide bonds. The molecular formula is C16H25B2N3O6. The summed E-state index contributed by atoms with van der Waals surface area (Å²) < 4.78 is 34.7. The van der Waals surface area contributed by atoms with Gasteiger partial charge in [0.15, 0.2) is 0 Å². The number of ether oxygens (including phenoxy) is 6. The van der Waals surface area contributed by atoms with Crippen molar-refractivity contribution >= 4 is 15.7 Å². The van der Waals surface area contributed by atoms with Gasteiger partial charge in [-0.25, -0.2) is 4.68 Å². The number of rotatable bonds is 10. The molecule has 2 fully saturated rings. The second kappa shape index (κ2) is 9.99. The fourth-order valence-electron chi connectivity index (χ4n) is 3.30. The Bertz CT molecular complexity index is 580. The maximum absolute atomic E-state index is 5.87. The summed E-state index contributed by atoms with van der Waals surface area (Å²) in [7, 11) is 14.9. The number of hydrogen-bond acceptors (Lipinski definition) is 8. The third-order valence-corrected chi connectivity index (χ3v) is 4.63. The van der Waals surface area contributed by atoms with Crippen LogP contribution in [0.2, 0.25) is 0 Å². The average molecular weight is 377 g/mol. The van der Waals surface area contributed by atoms with Gasteiger partial charge in [-0.3, -0.25) is 0 Å². The van der Waals surface area contributed by atoms with Gasteiger partial charge in [-0.15, -0.1) is 5.10 Å². The predicted molar refractivity (Wildman–Crippen MR) is 95.3 cm³/mol. The van der Waals surface area contributed by atoms with Gasteiger partial charge >= 0.3 is 0 Å². The van der Waals surface area contributed by atoms with Gasteiger partial charge in [0.2, 0.25) is 0 Å². The third-order valence-electron chi connectivity index (χ3n) is 4.63. The fourth-order valence-corrected chi connectivity index (χ4v) is 3.30. The van der Waals surface area contributed by atoms with Gasteiger partial charge in [0, 0.05) is 26.2 Å². The van der Waals surface area contributed by atoms with Crippen LogP contribution in [0.5, 0.6) is 0 Å². The van der Waals surface area contributed by atoms with E-state index in [9.17, 15) is 0 Å². The first kappa shape index (κ1) is 20.8. The van der Waals surface area contributed by atoms with Crippen LogP contribution in [0.15, 0.2) is 6.20 Å². The zero-order valence-corrected chi connectivity index (χ0v) is 15.7. The highest BCUT2D eigenvalue weighted by atomic mass is 16.6. The molecule has 0 saturated carbocycles. The van der Waals surface area contributed by atoms with E-state index >= 15 is 0 Å². The molecule has 0 N–H and O–H groups in total. The summed E-state index contributed by atoms with van der Waals surface area (Å²) in [6, 6.07) is -0.644. The van der Waals surface area contributed by atoms with Crippen molar-refractivity contribution in [3.8, 4) is 0 Å². The molecule has 1 aromatic heterocycles. The van der Waals surface area contributed by atoms with E-state index in [2.05, 4.69) is 10.3 Å². The predicted octanol–water partition coefficient (Wildman–Crippen LogP) is -0.634. The molecule has 3 rings (SSSR count). The summed E-state index contributed by atoms with van der Waals surface area (Å²) in [6.07, 6.45) is 2.52. The van der Waals surface area contributed by atoms with Gasteiger partial charge in [0.1, 0.15) is 40.3 Å². The lowest BCUT2D eigenvalue weighted by Gasteiger charge is -2.17. The monoisotopic (exact) mass is 377 g/mol. The van der Waals surface area contributed by atoms with Gasteiger partial charge in [-0.1, -0.05) is 5.21 Å². The third kappa shape index (κ3) is 5.75. The average Bonchev–Trinajstić information content (AvgIpc) is 3.33. The van der Waals surface area contributed by atoms with Crippen LogP contribution in [0.25, 0.3) is 0 Å². The van der Waals surface area contributed by atoms with Crippen LogP contribution in [-0.2, 0) is 41.8 Å². The molecule has 6 atom stereocenters. The quantitative estimate of drug-likeness (QED) is 0.499. The highest BCUT2D eigenvalue weighted by molar-refractivity contribution is 6.11. The van der Waals surface area contributed by atoms with Crippen molar-refractivity contribution < 1.29 is 28.4 Å². The topological polar surface area (TPSA) is 86.1 Å². The summed E-state index contributed by atoms with van der Waals surface area (Å²) in [6.45, 7) is 1.37. The van der Waals surface area contributed by atoms with Crippen molar-refractivity contribution in [2.45, 2.75) is 62.6 Å². The molecule has 9 nitrogen and oxygen atoms in total. The van der Waals surface area contributed by atoms with Crippen LogP contribution in [0.1, 0.15) is 18.5 Å². The normalized spacial score (nSPS) is 33.7. The van der Waals surface area contributed by atoms with Gasteiger partial charge < -0.3 is 28.4 Å². The van der Waals surface area contributed by atoms with Crippen molar-refractivity contribution in [2.75, 3.05) is 27.4 Å². The smallest absolute Gasteiger partial charge is 0.141 e. The molecule has 4 radical (unpaired) electrons. The van der Waals surface area contributed by atoms with E-state index in [1.165, 1.54) is 0 Å². The van der Waals surface area contributed by atoms with E-state index in [1.54, 1.807) is 25.1 Å². The second-order valence-electron chi connectivity index (χ2n) is 6.73. The van der Waals surface area contributed by atoms with Crippen molar-refractivity contribution in [3.05, 3.63) is 11.9 Å². The van der Waals surface area contributed by atoms with Gasteiger partial charge in [0.25, 0.3) is 0 Å². The van der Waals surface area contributed by atoms with Crippen LogP contribution in [0.4, 0.5) is 0 Å². The van der Waals surface area contributed by atoms with Crippen molar-refractivity contribution in [1.82, 2.24) is 15.0 Å². The van der Waals surface area contributed by atoms with Crippen molar-refractivity contribution in [1.29, 1.82) is 0 Å². The van der Waals surface area contributed by atoms with Crippen LogP contribution >= 0.6 is 0 Å². The Kier molecular flexibility index (Phi) is 7.68. The highest BCUT2D eigenvalue weighted by Gasteiger charge is 2.34. The molecule has 146 valence electrons. The summed E-state index contributed by atoms with van der Waals surface area (Å²) in [5.74, 6) is 0. The van der Waals surface area contributed by atoms with Gasteiger partial charge in [0.05, 0.1) is 38.2 Å². The Balaban J connectivity index is 1.39. The van der Waals surface area contributed by atoms with Crippen LogP contribution < -0.4 is 0 Å². The molecule has 27 heavy (non-hydrogen) atoms. The Hall–Kier alpha value is -0.970. The van der Waals surface area contributed by atoms with E-state index in [0.717, 1.165) is 0 Å². The van der Waals surface area contributed by atoms with E-state index in [0.29, 0.717) is 38.4 Å². The molecule has 11 heteroatoms. The summed E-state index contributed by atoms with van der Waals surface area (Å²) >= 11 is 0. The Morgan fingerprint density at radius 2 is 1.81 bits per heavy atom. The summed E-state index contributed by atoms with van der Waals surface area (Å²) in [5.41, 5.74) is 0.698. The van der Waals surface area contributed by atoms with Crippen LogP contribution in [0.3, 0.4) is 0 Å². The lowest BCUT2D eigenvalue weighted by Crippen LogP contribution is -2.28. The van der Waals surface area contributed by atoms with Crippen molar-refractivity contribution in [3.63, 3.8) is 0 Å². The fraction of sp³-hybridized carbons (Fsp3) is 0.875. The minimum absolute atomic E-state index is 0.0558. The molecule has 2 aliphatic heterocycles. The highest BCUT2D eigenvalue weighted by Crippen LogP contribution is 2.23. The summed E-state index contributed by atoms with van der Waals surface area (Å²) in [5, 5.41) is 8.12. The minimum Gasteiger partial charge on any atom is -0.382 e. The molecule has 2 saturated heterocycles. The second-order valence-corrected chi connectivity index (χ2v) is 6.73. The Labute approximate surface area is 161 Å². The number of methoxy groups -OCH3 is 2. The maximum Gasteiger partial charge on any atom is 0.141 e. The minimum atomic E-state index is -0.332. The number of hydrogen-bond donors (Lipinski definition) is 0. The SMILES string of the molecule is [B][C@H]1CC(OC)[C@@H](COCn2cc(COC3C[C@H]([B])O[C@@H]3COC)nn2)O1. The van der Waals surface area contributed by atoms with E-state index in [4.69, 9.17) is 44.1 Å². The standard InChI is InChI=1S/C16H25B2N3O6/c1-22-7-13-12(4-16(18)26-13)25-6-10-5-21(20-19-10)9-24-8-14-11(23-2)3-15(17)27-14/h5,11-16H,3-4,6-9H2,1-2H3/t11?,12?,13-,14-,15-,16-/m1/s1. The molecule has 2 aliphatic rings. The largest absolute Gasteiger partial charge is 0.382 e. The first-order valence-electron chi connectivity index (χ1n) is 9.01. The van der Waals surface area contributed by atoms with Gasteiger partial charge in [-0.05, 0) is 12.8 Å². The van der Waals surface area contributed by atoms with E-state index in [-0.39, 0.29) is 43.2 Å². The lowest BCUT2D eigenvalue weighted by molar-refractivity contribution is -0.0590. The molecule has 0 aromatic carbocycles. The van der Waals surface area contributed by atoms with Crippen molar-refractivity contribution in [2.24, 2.45) is 0 Å². The molecule has 1 aromatic rings. The lowest BCUT2D eigenvalue weighted by atomic mass is 9.96. The summed E-state index contributed by atoms with van der Waals surface area (Å²) in [4.78, 5) is 0. The number of aromatic nitrogens is 3. The maximum atomic E-state index is 5.87. The van der Waals surface area contributed by atoms with E-state index in [1.807, 2.05) is 0 Å². The zero-order chi connectivity index (χ0) is 19.2. The Morgan fingerprint density at radius 3 is 2.52 bits per heavy atom. The Morgan fingerprint density at radius 1 is 1.11 bits per heavy atom. The molecule has 0 bridgehead atoms. The molecule has 0 spiro atoms. The molecule has 3 heterocycles. The number of nitrogens with zero attached hydrogens (tertiary/aromatic N) is 3. The zero-order valence-electron chi connectivity index (χ0n) is 15.7. The van der Waals surface area contributed by atoms with Crippen LogP contribution in [0, 0.1) is 0 Å². The van der Waals surface area contributed by atoms with Crippen LogP contribution in [-0.4, -0.2) is 94.5 Å².